The van der Waals surface area contributed by atoms with Crippen LogP contribution in [0.25, 0.3) is 0 Å². The maximum absolute atomic E-state index is 12.9. The number of carbonyl (C=O) groups excluding carboxylic acids is 2. The molecule has 1 aliphatic heterocycles. The number of piperidine rings is 1. The molecule has 1 N–H and O–H groups in total. The summed E-state index contributed by atoms with van der Waals surface area (Å²) in [7, 11) is 0. The van der Waals surface area contributed by atoms with E-state index in [9.17, 15) is 9.59 Å². The van der Waals surface area contributed by atoms with Gasteiger partial charge in [-0.1, -0.05) is 42.3 Å². The first-order valence-corrected chi connectivity index (χ1v) is 9.74. The highest BCUT2D eigenvalue weighted by molar-refractivity contribution is 5.96. The lowest BCUT2D eigenvalue weighted by molar-refractivity contribution is -0.121. The summed E-state index contributed by atoms with van der Waals surface area (Å²) in [6.07, 6.45) is 2.54. The Hall–Kier alpha value is -2.62. The van der Waals surface area contributed by atoms with Crippen LogP contribution in [-0.2, 0) is 11.2 Å². The Labute approximate surface area is 161 Å². The topological polar surface area (TPSA) is 49.4 Å². The number of nitrogens with zero attached hydrogens (tertiary/aromatic N) is 1. The van der Waals surface area contributed by atoms with Crippen LogP contribution < -0.4 is 5.32 Å². The van der Waals surface area contributed by atoms with Gasteiger partial charge in [0.25, 0.3) is 5.91 Å². The average molecular weight is 364 g/mol. The minimum absolute atomic E-state index is 0.00817. The maximum atomic E-state index is 12.9. The molecule has 4 heteroatoms. The van der Waals surface area contributed by atoms with Crippen molar-refractivity contribution in [2.45, 2.75) is 40.0 Å². The van der Waals surface area contributed by atoms with Crippen LogP contribution in [0, 0.1) is 19.8 Å². The molecule has 0 bridgehead atoms. The van der Waals surface area contributed by atoms with E-state index in [4.69, 9.17) is 0 Å². The lowest BCUT2D eigenvalue weighted by Gasteiger charge is -2.32. The number of anilines is 1. The molecule has 1 atom stereocenters. The van der Waals surface area contributed by atoms with E-state index in [2.05, 4.69) is 18.3 Å². The van der Waals surface area contributed by atoms with Crippen molar-refractivity contribution < 1.29 is 9.59 Å². The minimum Gasteiger partial charge on any atom is -0.338 e. The van der Waals surface area contributed by atoms with Crippen molar-refractivity contribution in [3.8, 4) is 0 Å². The molecule has 27 heavy (non-hydrogen) atoms. The molecule has 0 saturated carbocycles. The van der Waals surface area contributed by atoms with Gasteiger partial charge in [0.1, 0.15) is 0 Å². The molecule has 1 unspecified atom stereocenters. The minimum atomic E-state index is -0.168. The fraction of sp³-hybridized carbons (Fsp3) is 0.391. The molecule has 1 aliphatic rings. The predicted molar refractivity (Wildman–Crippen MR) is 109 cm³/mol. The smallest absolute Gasteiger partial charge is 0.253 e. The van der Waals surface area contributed by atoms with Gasteiger partial charge >= 0.3 is 0 Å². The maximum Gasteiger partial charge on any atom is 0.253 e. The number of amides is 2. The number of aryl methyl sites for hydroxylation is 3. The Bertz CT molecular complexity index is 824. The summed E-state index contributed by atoms with van der Waals surface area (Å²) in [5.74, 6) is -0.138. The van der Waals surface area contributed by atoms with Crippen LogP contribution in [0.5, 0.6) is 0 Å². The predicted octanol–water partition coefficient (Wildman–Crippen LogP) is 4.36. The van der Waals surface area contributed by atoms with Crippen molar-refractivity contribution in [2.75, 3.05) is 18.4 Å². The van der Waals surface area contributed by atoms with Crippen LogP contribution in [0.1, 0.15) is 46.8 Å². The van der Waals surface area contributed by atoms with E-state index in [1.165, 1.54) is 0 Å². The second-order valence-electron chi connectivity index (χ2n) is 7.47. The molecule has 0 aliphatic carbocycles. The number of hydrogen-bond acceptors (Lipinski definition) is 2. The summed E-state index contributed by atoms with van der Waals surface area (Å²) in [6.45, 7) is 7.27. The van der Waals surface area contributed by atoms with Gasteiger partial charge in [0, 0.05) is 24.3 Å². The molecule has 0 spiro atoms. The molecule has 142 valence electrons. The monoisotopic (exact) mass is 364 g/mol. The van der Waals surface area contributed by atoms with Crippen LogP contribution in [0.2, 0.25) is 0 Å². The molecule has 1 fully saturated rings. The summed E-state index contributed by atoms with van der Waals surface area (Å²) in [4.78, 5) is 27.6. The van der Waals surface area contributed by atoms with Crippen molar-refractivity contribution >= 4 is 17.5 Å². The highest BCUT2D eigenvalue weighted by atomic mass is 16.2. The van der Waals surface area contributed by atoms with Crippen molar-refractivity contribution in [3.05, 3.63) is 64.7 Å². The lowest BCUT2D eigenvalue weighted by atomic mass is 9.95. The van der Waals surface area contributed by atoms with Crippen LogP contribution in [-0.4, -0.2) is 29.8 Å². The van der Waals surface area contributed by atoms with Gasteiger partial charge in [-0.2, -0.15) is 0 Å². The first-order chi connectivity index (χ1) is 13.0. The Morgan fingerprint density at radius 2 is 1.81 bits per heavy atom. The molecule has 2 amide bonds. The number of hydrogen-bond donors (Lipinski definition) is 1. The van der Waals surface area contributed by atoms with Gasteiger partial charge in [0.05, 0.1) is 5.92 Å². The van der Waals surface area contributed by atoms with E-state index in [0.717, 1.165) is 41.6 Å². The van der Waals surface area contributed by atoms with Gasteiger partial charge in [-0.05, 0) is 56.9 Å². The Kier molecular flexibility index (Phi) is 5.94. The van der Waals surface area contributed by atoms with Crippen molar-refractivity contribution in [1.29, 1.82) is 0 Å². The van der Waals surface area contributed by atoms with E-state index >= 15 is 0 Å². The molecule has 2 aromatic rings. The van der Waals surface area contributed by atoms with Gasteiger partial charge in [0.15, 0.2) is 0 Å². The number of benzene rings is 2. The molecule has 0 aromatic heterocycles. The van der Waals surface area contributed by atoms with Crippen molar-refractivity contribution in [1.82, 2.24) is 4.90 Å². The molecular weight excluding hydrogens is 336 g/mol. The summed E-state index contributed by atoms with van der Waals surface area (Å²) in [6, 6.07) is 13.8. The summed E-state index contributed by atoms with van der Waals surface area (Å²) >= 11 is 0. The number of rotatable bonds is 4. The zero-order chi connectivity index (χ0) is 19.4. The molecule has 3 rings (SSSR count). The molecule has 0 radical (unpaired) electrons. The second-order valence-corrected chi connectivity index (χ2v) is 7.47. The normalized spacial score (nSPS) is 16.9. The van der Waals surface area contributed by atoms with Crippen LogP contribution in [0.3, 0.4) is 0 Å². The van der Waals surface area contributed by atoms with Crippen molar-refractivity contribution in [2.24, 2.45) is 5.92 Å². The van der Waals surface area contributed by atoms with E-state index in [1.807, 2.05) is 55.1 Å². The first kappa shape index (κ1) is 19.2. The molecule has 1 heterocycles. The zero-order valence-corrected chi connectivity index (χ0v) is 16.4. The lowest BCUT2D eigenvalue weighted by Crippen LogP contribution is -2.43. The number of carbonyl (C=O) groups is 2. The summed E-state index contributed by atoms with van der Waals surface area (Å²) in [5.41, 5.74) is 4.89. The first-order valence-electron chi connectivity index (χ1n) is 9.74. The molecule has 2 aromatic carbocycles. The average Bonchev–Trinajstić information content (AvgIpc) is 2.67. The fourth-order valence-corrected chi connectivity index (χ4v) is 3.84. The molecule has 1 saturated heterocycles. The largest absolute Gasteiger partial charge is 0.338 e. The third-order valence-corrected chi connectivity index (χ3v) is 5.20. The quantitative estimate of drug-likeness (QED) is 0.876. The third kappa shape index (κ3) is 4.57. The number of nitrogens with one attached hydrogen (secondary N) is 1. The molecule has 4 nitrogen and oxygen atoms in total. The van der Waals surface area contributed by atoms with E-state index in [0.29, 0.717) is 18.7 Å². The molecular formula is C23H28N2O2. The van der Waals surface area contributed by atoms with E-state index < -0.39 is 0 Å². The standard InChI is InChI=1S/C23H28N2O2/c1-4-18-8-5-6-10-21(18)24-22(26)19-9-7-11-25(15-19)23(27)20-13-16(2)12-17(3)14-20/h5-6,8,10,12-14,19H,4,7,9,11,15H2,1-3H3,(H,24,26). The number of likely N-dealkylation sites (tertiary alicyclic amines) is 1. The van der Waals surface area contributed by atoms with Gasteiger partial charge in [-0.15, -0.1) is 0 Å². The highest BCUT2D eigenvalue weighted by Crippen LogP contribution is 2.23. The Balaban J connectivity index is 1.70. The van der Waals surface area contributed by atoms with Gasteiger partial charge in [0.2, 0.25) is 5.91 Å². The number of para-hydroxylation sites is 1. The van der Waals surface area contributed by atoms with Crippen LogP contribution >= 0.6 is 0 Å². The van der Waals surface area contributed by atoms with Gasteiger partial charge in [-0.25, -0.2) is 0 Å². The fourth-order valence-electron chi connectivity index (χ4n) is 3.84. The van der Waals surface area contributed by atoms with Crippen LogP contribution in [0.4, 0.5) is 5.69 Å². The summed E-state index contributed by atoms with van der Waals surface area (Å²) in [5, 5.41) is 3.07. The van der Waals surface area contributed by atoms with Gasteiger partial charge in [-0.3, -0.25) is 9.59 Å². The summed E-state index contributed by atoms with van der Waals surface area (Å²) < 4.78 is 0. The Morgan fingerprint density at radius 1 is 1.11 bits per heavy atom. The van der Waals surface area contributed by atoms with Gasteiger partial charge < -0.3 is 10.2 Å². The van der Waals surface area contributed by atoms with E-state index in [-0.39, 0.29) is 17.7 Å². The highest BCUT2D eigenvalue weighted by Gasteiger charge is 2.29. The van der Waals surface area contributed by atoms with Crippen LogP contribution in [0.15, 0.2) is 42.5 Å². The Morgan fingerprint density at radius 3 is 2.52 bits per heavy atom. The third-order valence-electron chi connectivity index (χ3n) is 5.20. The SMILES string of the molecule is CCc1ccccc1NC(=O)C1CCCN(C(=O)c2cc(C)cc(C)c2)C1. The zero-order valence-electron chi connectivity index (χ0n) is 16.4. The second kappa shape index (κ2) is 8.38. The van der Waals surface area contributed by atoms with E-state index in [1.54, 1.807) is 0 Å². The van der Waals surface area contributed by atoms with Crippen molar-refractivity contribution in [3.63, 3.8) is 0 Å².